The Morgan fingerprint density at radius 1 is 1.38 bits per heavy atom. The third-order valence-electron chi connectivity index (χ3n) is 2.12. The van der Waals surface area contributed by atoms with E-state index in [9.17, 15) is 0 Å². The Hall–Kier alpha value is -1.75. The number of anilines is 2. The highest BCUT2D eigenvalue weighted by atomic mass is 35.5. The van der Waals surface area contributed by atoms with Crippen molar-refractivity contribution in [3.63, 3.8) is 0 Å². The van der Waals surface area contributed by atoms with Crippen molar-refractivity contribution >= 4 is 23.6 Å². The Labute approximate surface area is 97.8 Å². The van der Waals surface area contributed by atoms with E-state index < -0.39 is 0 Å². The smallest absolute Gasteiger partial charge is 0.319 e. The maximum Gasteiger partial charge on any atom is 0.319 e. The lowest BCUT2D eigenvalue weighted by Gasteiger charge is -2.14. The van der Waals surface area contributed by atoms with Gasteiger partial charge in [-0.3, -0.25) is 0 Å². The summed E-state index contributed by atoms with van der Waals surface area (Å²) in [4.78, 5) is 1.78. The zero-order valence-electron chi connectivity index (χ0n) is 8.72. The molecule has 2 rings (SSSR count). The van der Waals surface area contributed by atoms with Crippen molar-refractivity contribution in [3.8, 4) is 0 Å². The Balaban J connectivity index is 2.13. The Morgan fingerprint density at radius 3 is 2.75 bits per heavy atom. The van der Waals surface area contributed by atoms with Crippen LogP contribution in [-0.4, -0.2) is 17.2 Å². The number of benzene rings is 1. The number of hydrogen-bond acceptors (Lipinski definition) is 5. The van der Waals surface area contributed by atoms with E-state index in [1.54, 1.807) is 4.90 Å². The Bertz CT molecular complexity index is 485. The summed E-state index contributed by atoms with van der Waals surface area (Å²) in [6, 6.07) is 8.03. The van der Waals surface area contributed by atoms with E-state index in [1.165, 1.54) is 0 Å². The molecule has 1 aromatic carbocycles. The van der Waals surface area contributed by atoms with Gasteiger partial charge in [0.05, 0.1) is 0 Å². The van der Waals surface area contributed by atoms with Crippen molar-refractivity contribution in [1.29, 1.82) is 0 Å². The van der Waals surface area contributed by atoms with Crippen molar-refractivity contribution in [2.75, 3.05) is 17.7 Å². The van der Waals surface area contributed by atoms with Gasteiger partial charge in [-0.2, -0.15) is 0 Å². The van der Waals surface area contributed by atoms with Crippen LogP contribution in [0.4, 0.5) is 12.0 Å². The molecule has 0 fully saturated rings. The van der Waals surface area contributed by atoms with Crippen LogP contribution in [0.25, 0.3) is 0 Å². The molecule has 6 heteroatoms. The Kier molecular flexibility index (Phi) is 2.96. The molecule has 0 atom stereocenters. The molecular weight excluding hydrogens is 228 g/mol. The third kappa shape index (κ3) is 2.25. The zero-order valence-corrected chi connectivity index (χ0v) is 9.48. The van der Waals surface area contributed by atoms with E-state index in [2.05, 4.69) is 10.2 Å². The summed E-state index contributed by atoms with van der Waals surface area (Å²) in [6.07, 6.45) is 0. The van der Waals surface area contributed by atoms with Crippen molar-refractivity contribution in [1.82, 2.24) is 10.2 Å². The minimum Gasteiger partial charge on any atom is -0.390 e. The third-order valence-corrected chi connectivity index (χ3v) is 2.49. The summed E-state index contributed by atoms with van der Waals surface area (Å²) in [5.74, 6) is 0. The number of aromatic nitrogens is 2. The number of hydrogen-bond donors (Lipinski definition) is 1. The maximum absolute atomic E-state index is 6.04. The van der Waals surface area contributed by atoms with Gasteiger partial charge in [0.1, 0.15) is 0 Å². The van der Waals surface area contributed by atoms with Crippen LogP contribution in [0.1, 0.15) is 5.56 Å². The standard InChI is InChI=1S/C10H11ClN4O/c1-15(10-14-13-9(12)16-10)6-7-4-2-3-5-8(7)11/h2-5H,6H2,1H3,(H2,12,13). The minimum atomic E-state index is 0.0565. The second-order valence-electron chi connectivity index (χ2n) is 3.37. The van der Waals surface area contributed by atoms with Crippen LogP contribution in [0.5, 0.6) is 0 Å². The highest BCUT2D eigenvalue weighted by Gasteiger charge is 2.10. The lowest BCUT2D eigenvalue weighted by atomic mass is 10.2. The molecule has 0 aliphatic heterocycles. The molecule has 0 bridgehead atoms. The molecule has 5 nitrogen and oxygen atoms in total. The fraction of sp³-hybridized carbons (Fsp3) is 0.200. The Morgan fingerprint density at radius 2 is 2.12 bits per heavy atom. The van der Waals surface area contributed by atoms with Gasteiger partial charge in [0.25, 0.3) is 0 Å². The maximum atomic E-state index is 6.04. The molecule has 16 heavy (non-hydrogen) atoms. The highest BCUT2D eigenvalue weighted by molar-refractivity contribution is 6.31. The number of nitrogens with zero attached hydrogens (tertiary/aromatic N) is 3. The first-order valence-electron chi connectivity index (χ1n) is 4.70. The molecule has 84 valence electrons. The predicted molar refractivity (Wildman–Crippen MR) is 62.3 cm³/mol. The largest absolute Gasteiger partial charge is 0.390 e. The number of halogens is 1. The number of nitrogens with two attached hydrogens (primary N) is 1. The van der Waals surface area contributed by atoms with Crippen molar-refractivity contribution < 1.29 is 4.42 Å². The lowest BCUT2D eigenvalue weighted by Crippen LogP contribution is -2.16. The van der Waals surface area contributed by atoms with Crippen LogP contribution in [0.2, 0.25) is 5.02 Å². The summed E-state index contributed by atoms with van der Waals surface area (Å²) in [5.41, 5.74) is 6.34. The molecule has 0 unspecified atom stereocenters. The second-order valence-corrected chi connectivity index (χ2v) is 3.78. The predicted octanol–water partition coefficient (Wildman–Crippen LogP) is 1.94. The van der Waals surface area contributed by atoms with Gasteiger partial charge in [-0.1, -0.05) is 40.0 Å². The molecule has 0 saturated carbocycles. The van der Waals surface area contributed by atoms with Crippen LogP contribution >= 0.6 is 11.6 Å². The SMILES string of the molecule is CN(Cc1ccccc1Cl)c1nnc(N)o1. The van der Waals surface area contributed by atoms with Crippen LogP contribution in [0.15, 0.2) is 28.7 Å². The van der Waals surface area contributed by atoms with E-state index in [4.69, 9.17) is 21.8 Å². The number of rotatable bonds is 3. The minimum absolute atomic E-state index is 0.0565. The molecule has 0 aliphatic rings. The van der Waals surface area contributed by atoms with Gasteiger partial charge in [0, 0.05) is 18.6 Å². The van der Waals surface area contributed by atoms with Gasteiger partial charge < -0.3 is 15.1 Å². The summed E-state index contributed by atoms with van der Waals surface area (Å²) in [7, 11) is 1.83. The molecule has 1 aromatic heterocycles. The summed E-state index contributed by atoms with van der Waals surface area (Å²) < 4.78 is 5.10. The quantitative estimate of drug-likeness (QED) is 0.885. The summed E-state index contributed by atoms with van der Waals surface area (Å²) in [5, 5.41) is 8.08. The molecule has 0 amide bonds. The zero-order chi connectivity index (χ0) is 11.5. The molecule has 0 saturated heterocycles. The molecular formula is C10H11ClN4O. The average Bonchev–Trinajstić information content (AvgIpc) is 2.68. The average molecular weight is 239 g/mol. The van der Waals surface area contributed by atoms with Crippen molar-refractivity contribution in [2.24, 2.45) is 0 Å². The monoisotopic (exact) mass is 238 g/mol. The van der Waals surface area contributed by atoms with Crippen molar-refractivity contribution in [2.45, 2.75) is 6.54 Å². The van der Waals surface area contributed by atoms with Gasteiger partial charge in [-0.15, -0.1) is 0 Å². The first kappa shape index (κ1) is 10.8. The van der Waals surface area contributed by atoms with Gasteiger partial charge in [0.15, 0.2) is 0 Å². The molecule has 0 spiro atoms. The van der Waals surface area contributed by atoms with Crippen LogP contribution in [0.3, 0.4) is 0 Å². The molecule has 0 aliphatic carbocycles. The molecule has 2 N–H and O–H groups in total. The lowest BCUT2D eigenvalue weighted by molar-refractivity contribution is 0.559. The van der Waals surface area contributed by atoms with Gasteiger partial charge in [-0.25, -0.2) is 0 Å². The molecule has 2 aromatic rings. The fourth-order valence-corrected chi connectivity index (χ4v) is 1.53. The second kappa shape index (κ2) is 4.40. The topological polar surface area (TPSA) is 68.2 Å². The van der Waals surface area contributed by atoms with E-state index in [1.807, 2.05) is 31.3 Å². The summed E-state index contributed by atoms with van der Waals surface area (Å²) >= 11 is 6.04. The van der Waals surface area contributed by atoms with E-state index in [-0.39, 0.29) is 6.01 Å². The van der Waals surface area contributed by atoms with E-state index in [0.29, 0.717) is 17.6 Å². The van der Waals surface area contributed by atoms with Gasteiger partial charge in [0.2, 0.25) is 0 Å². The first-order valence-corrected chi connectivity index (χ1v) is 5.08. The molecule has 0 radical (unpaired) electrons. The van der Waals surface area contributed by atoms with E-state index in [0.717, 1.165) is 5.56 Å². The van der Waals surface area contributed by atoms with Crippen molar-refractivity contribution in [3.05, 3.63) is 34.9 Å². The van der Waals surface area contributed by atoms with Gasteiger partial charge >= 0.3 is 12.0 Å². The normalized spacial score (nSPS) is 10.4. The fourth-order valence-electron chi connectivity index (χ4n) is 1.33. The summed E-state index contributed by atoms with van der Waals surface area (Å²) in [6.45, 7) is 0.585. The number of nitrogen functional groups attached to an aromatic ring is 1. The highest BCUT2D eigenvalue weighted by Crippen LogP contribution is 2.19. The van der Waals surface area contributed by atoms with Crippen LogP contribution < -0.4 is 10.6 Å². The first-order chi connectivity index (χ1) is 7.66. The van der Waals surface area contributed by atoms with E-state index >= 15 is 0 Å². The van der Waals surface area contributed by atoms with Crippen LogP contribution in [-0.2, 0) is 6.54 Å². The van der Waals surface area contributed by atoms with Gasteiger partial charge in [-0.05, 0) is 11.6 Å². The molecule has 1 heterocycles. The van der Waals surface area contributed by atoms with Crippen LogP contribution in [0, 0.1) is 0 Å².